The third-order valence-electron chi connectivity index (χ3n) is 5.35. The fourth-order valence-electron chi connectivity index (χ4n) is 3.88. The highest BCUT2D eigenvalue weighted by Gasteiger charge is 2.55. The number of hydrogen-bond donors (Lipinski definition) is 1. The molecule has 1 N–H and O–H groups in total. The molecule has 0 spiro atoms. The largest absolute Gasteiger partial charge is 0.481 e. The fourth-order valence-corrected chi connectivity index (χ4v) is 4.97. The summed E-state index contributed by atoms with van der Waals surface area (Å²) in [6, 6.07) is 2.93. The molecule has 25 heavy (non-hydrogen) atoms. The van der Waals surface area contributed by atoms with Crippen molar-refractivity contribution in [3.63, 3.8) is 0 Å². The smallest absolute Gasteiger partial charge is 0.311 e. The Hall–Kier alpha value is -2.00. The van der Waals surface area contributed by atoms with Crippen molar-refractivity contribution in [1.82, 2.24) is 14.2 Å². The van der Waals surface area contributed by atoms with E-state index in [2.05, 4.69) is 4.98 Å². The molecule has 0 radical (unpaired) electrons. The van der Waals surface area contributed by atoms with Gasteiger partial charge in [0.2, 0.25) is 15.9 Å². The highest BCUT2D eigenvalue weighted by Crippen LogP contribution is 2.48. The third-order valence-corrected chi connectivity index (χ3v) is 7.14. The number of sulfonamides is 1. The van der Waals surface area contributed by atoms with Gasteiger partial charge in [-0.2, -0.15) is 4.31 Å². The van der Waals surface area contributed by atoms with Crippen LogP contribution in [0.4, 0.5) is 0 Å². The van der Waals surface area contributed by atoms with Crippen molar-refractivity contribution in [2.24, 2.45) is 11.3 Å². The SMILES string of the molecule is CN(CC(=O)N1C[C@@H]2CCC[C@@]2(C(=O)O)C1)S(=O)(=O)c1cccnc1. The van der Waals surface area contributed by atoms with Crippen molar-refractivity contribution < 1.29 is 23.1 Å². The molecule has 136 valence electrons. The van der Waals surface area contributed by atoms with Gasteiger partial charge in [0.25, 0.3) is 0 Å². The molecule has 1 aromatic heterocycles. The van der Waals surface area contributed by atoms with Gasteiger partial charge in [-0.3, -0.25) is 14.6 Å². The van der Waals surface area contributed by atoms with Crippen LogP contribution in [0.3, 0.4) is 0 Å². The van der Waals surface area contributed by atoms with Crippen LogP contribution < -0.4 is 0 Å². The summed E-state index contributed by atoms with van der Waals surface area (Å²) in [5.74, 6) is -1.28. The minimum Gasteiger partial charge on any atom is -0.481 e. The van der Waals surface area contributed by atoms with Crippen molar-refractivity contribution in [3.8, 4) is 0 Å². The first kappa shape index (κ1) is 17.8. The molecule has 1 aromatic rings. The summed E-state index contributed by atoms with van der Waals surface area (Å²) in [7, 11) is -2.47. The number of rotatable bonds is 5. The van der Waals surface area contributed by atoms with Crippen molar-refractivity contribution >= 4 is 21.9 Å². The van der Waals surface area contributed by atoms with E-state index in [-0.39, 0.29) is 29.8 Å². The van der Waals surface area contributed by atoms with Crippen LogP contribution in [-0.2, 0) is 19.6 Å². The van der Waals surface area contributed by atoms with Gasteiger partial charge in [-0.25, -0.2) is 8.42 Å². The number of carboxylic acid groups (broad SMARTS) is 1. The van der Waals surface area contributed by atoms with Gasteiger partial charge in [-0.1, -0.05) is 6.42 Å². The number of amides is 1. The second kappa shape index (κ2) is 6.38. The Morgan fingerprint density at radius 2 is 2.24 bits per heavy atom. The molecule has 1 aliphatic carbocycles. The van der Waals surface area contributed by atoms with Crippen LogP contribution in [0.5, 0.6) is 0 Å². The van der Waals surface area contributed by atoms with Crippen LogP contribution in [0.1, 0.15) is 19.3 Å². The average molecular weight is 367 g/mol. The number of carboxylic acids is 1. The summed E-state index contributed by atoms with van der Waals surface area (Å²) >= 11 is 0. The molecule has 1 saturated carbocycles. The Morgan fingerprint density at radius 3 is 2.84 bits per heavy atom. The minimum atomic E-state index is -3.81. The summed E-state index contributed by atoms with van der Waals surface area (Å²) in [5, 5.41) is 9.58. The number of carbonyl (C=O) groups is 2. The summed E-state index contributed by atoms with van der Waals surface area (Å²) in [6.45, 7) is 0.220. The van der Waals surface area contributed by atoms with E-state index in [0.29, 0.717) is 13.0 Å². The van der Waals surface area contributed by atoms with Crippen LogP contribution in [0.25, 0.3) is 0 Å². The Balaban J connectivity index is 1.70. The maximum Gasteiger partial charge on any atom is 0.311 e. The number of fused-ring (bicyclic) bond motifs is 1. The monoisotopic (exact) mass is 367 g/mol. The molecule has 2 fully saturated rings. The molecule has 1 saturated heterocycles. The lowest BCUT2D eigenvalue weighted by Gasteiger charge is -2.24. The van der Waals surface area contributed by atoms with Crippen LogP contribution in [0, 0.1) is 11.3 Å². The molecule has 2 atom stereocenters. The van der Waals surface area contributed by atoms with Crippen molar-refractivity contribution in [1.29, 1.82) is 0 Å². The number of aromatic nitrogens is 1. The van der Waals surface area contributed by atoms with Crippen LogP contribution in [0.15, 0.2) is 29.4 Å². The molecule has 0 bridgehead atoms. The van der Waals surface area contributed by atoms with Gasteiger partial charge in [0.15, 0.2) is 0 Å². The summed E-state index contributed by atoms with van der Waals surface area (Å²) in [6.07, 6.45) is 4.92. The summed E-state index contributed by atoms with van der Waals surface area (Å²) < 4.78 is 25.9. The first-order valence-electron chi connectivity index (χ1n) is 8.15. The van der Waals surface area contributed by atoms with E-state index in [1.54, 1.807) is 0 Å². The highest BCUT2D eigenvalue weighted by atomic mass is 32.2. The zero-order chi connectivity index (χ0) is 18.2. The normalized spacial score (nSPS) is 26.0. The fraction of sp³-hybridized carbons (Fsp3) is 0.562. The second-order valence-electron chi connectivity index (χ2n) is 6.77. The number of pyridine rings is 1. The molecular formula is C16H21N3O5S. The zero-order valence-electron chi connectivity index (χ0n) is 14.0. The van der Waals surface area contributed by atoms with Crippen LogP contribution in [-0.4, -0.2) is 66.3 Å². The molecular weight excluding hydrogens is 346 g/mol. The summed E-state index contributed by atoms with van der Waals surface area (Å²) in [4.78, 5) is 29.5. The molecule has 1 amide bonds. The Bertz CT molecular complexity index is 782. The molecule has 3 rings (SSSR count). The lowest BCUT2D eigenvalue weighted by Crippen LogP contribution is -2.42. The van der Waals surface area contributed by atoms with Gasteiger partial charge in [0.05, 0.1) is 12.0 Å². The lowest BCUT2D eigenvalue weighted by molar-refractivity contribution is -0.149. The Labute approximate surface area is 146 Å². The number of aliphatic carboxylic acids is 1. The van der Waals surface area contributed by atoms with E-state index in [9.17, 15) is 23.1 Å². The number of likely N-dealkylation sites (N-methyl/N-ethyl adjacent to an activating group) is 1. The number of likely N-dealkylation sites (tertiary alicyclic amines) is 1. The van der Waals surface area contributed by atoms with E-state index in [4.69, 9.17) is 0 Å². The second-order valence-corrected chi connectivity index (χ2v) is 8.82. The maximum atomic E-state index is 12.5. The zero-order valence-corrected chi connectivity index (χ0v) is 14.8. The van der Waals surface area contributed by atoms with Gasteiger partial charge in [0.1, 0.15) is 4.90 Å². The van der Waals surface area contributed by atoms with E-state index < -0.39 is 21.4 Å². The van der Waals surface area contributed by atoms with Gasteiger partial charge in [0, 0.05) is 32.5 Å². The lowest BCUT2D eigenvalue weighted by atomic mass is 9.81. The van der Waals surface area contributed by atoms with Gasteiger partial charge >= 0.3 is 5.97 Å². The highest BCUT2D eigenvalue weighted by molar-refractivity contribution is 7.89. The predicted molar refractivity (Wildman–Crippen MR) is 88.0 cm³/mol. The predicted octanol–water partition coefficient (Wildman–Crippen LogP) is 0.415. The van der Waals surface area contributed by atoms with E-state index in [0.717, 1.165) is 17.1 Å². The van der Waals surface area contributed by atoms with Gasteiger partial charge in [-0.15, -0.1) is 0 Å². The maximum absolute atomic E-state index is 12.5. The van der Waals surface area contributed by atoms with Gasteiger partial charge < -0.3 is 10.0 Å². The molecule has 0 unspecified atom stereocenters. The minimum absolute atomic E-state index is 0.0191. The van der Waals surface area contributed by atoms with Crippen LogP contribution in [0.2, 0.25) is 0 Å². The van der Waals surface area contributed by atoms with E-state index in [1.165, 1.54) is 36.5 Å². The molecule has 2 aliphatic rings. The molecule has 9 heteroatoms. The standard InChI is InChI=1S/C16H21N3O5S/c1-18(25(23,24)13-5-3-7-17-8-13)10-14(20)19-9-12-4-2-6-16(12,11-19)15(21)22/h3,5,7-8,12H,2,4,6,9-11H2,1H3,(H,21,22)/t12-,16+/m0/s1. The first-order valence-corrected chi connectivity index (χ1v) is 9.59. The Kier molecular flexibility index (Phi) is 4.54. The topological polar surface area (TPSA) is 108 Å². The molecule has 8 nitrogen and oxygen atoms in total. The van der Waals surface area contributed by atoms with Gasteiger partial charge in [-0.05, 0) is 30.9 Å². The van der Waals surface area contributed by atoms with Crippen molar-refractivity contribution in [2.45, 2.75) is 24.2 Å². The van der Waals surface area contributed by atoms with Crippen molar-refractivity contribution in [3.05, 3.63) is 24.5 Å². The van der Waals surface area contributed by atoms with E-state index >= 15 is 0 Å². The first-order chi connectivity index (χ1) is 11.8. The third kappa shape index (κ3) is 3.02. The Morgan fingerprint density at radius 1 is 1.48 bits per heavy atom. The number of hydrogen-bond acceptors (Lipinski definition) is 5. The average Bonchev–Trinajstić information content (AvgIpc) is 3.13. The van der Waals surface area contributed by atoms with Crippen molar-refractivity contribution in [2.75, 3.05) is 26.7 Å². The van der Waals surface area contributed by atoms with Crippen LogP contribution >= 0.6 is 0 Å². The van der Waals surface area contributed by atoms with E-state index in [1.807, 2.05) is 0 Å². The summed E-state index contributed by atoms with van der Waals surface area (Å²) in [5.41, 5.74) is -0.865. The number of nitrogens with zero attached hydrogens (tertiary/aromatic N) is 3. The molecule has 1 aliphatic heterocycles. The molecule has 2 heterocycles. The quantitative estimate of drug-likeness (QED) is 0.808. The number of carbonyl (C=O) groups excluding carboxylic acids is 1. The molecule has 0 aromatic carbocycles.